The maximum absolute atomic E-state index is 13.3. The minimum absolute atomic E-state index is 0.272. The molecule has 0 saturated carbocycles. The Morgan fingerprint density at radius 2 is 1.85 bits per heavy atom. The standard InChI is InChI=1S/C17H19ClFN/c1-3-10-20-12(2)13-4-6-14(7-5-13)16-11-15(19)8-9-17(16)18/h4-9,11-12,20H,3,10H2,1-2H3. The number of hydrogen-bond acceptors (Lipinski definition) is 1. The van der Waals surface area contributed by atoms with Gasteiger partial charge in [0.2, 0.25) is 0 Å². The lowest BCUT2D eigenvalue weighted by molar-refractivity contribution is 0.571. The van der Waals surface area contributed by atoms with Gasteiger partial charge in [-0.3, -0.25) is 0 Å². The van der Waals surface area contributed by atoms with Crippen molar-refractivity contribution >= 4 is 11.6 Å². The van der Waals surface area contributed by atoms with E-state index in [2.05, 4.69) is 31.3 Å². The molecular weight excluding hydrogens is 273 g/mol. The summed E-state index contributed by atoms with van der Waals surface area (Å²) in [5, 5.41) is 4.01. The normalized spacial score (nSPS) is 12.4. The van der Waals surface area contributed by atoms with Crippen LogP contribution in [0.25, 0.3) is 11.1 Å². The minimum atomic E-state index is -0.272. The zero-order valence-corrected chi connectivity index (χ0v) is 12.5. The van der Waals surface area contributed by atoms with Crippen molar-refractivity contribution in [2.24, 2.45) is 0 Å². The molecule has 1 N–H and O–H groups in total. The van der Waals surface area contributed by atoms with Crippen LogP contribution in [-0.2, 0) is 0 Å². The van der Waals surface area contributed by atoms with E-state index in [1.54, 1.807) is 6.07 Å². The highest BCUT2D eigenvalue weighted by molar-refractivity contribution is 6.33. The van der Waals surface area contributed by atoms with Crippen molar-refractivity contribution in [3.8, 4) is 11.1 Å². The van der Waals surface area contributed by atoms with Gasteiger partial charge in [0.25, 0.3) is 0 Å². The Hall–Kier alpha value is -1.38. The molecule has 2 rings (SSSR count). The molecule has 0 radical (unpaired) electrons. The number of halogens is 2. The second-order valence-corrected chi connectivity index (χ2v) is 5.33. The Bertz CT molecular complexity index is 566. The Morgan fingerprint density at radius 1 is 1.15 bits per heavy atom. The van der Waals surface area contributed by atoms with E-state index in [1.165, 1.54) is 17.7 Å². The maximum atomic E-state index is 13.3. The summed E-state index contributed by atoms with van der Waals surface area (Å²) in [7, 11) is 0. The average Bonchev–Trinajstić information content (AvgIpc) is 2.47. The molecule has 1 nitrogen and oxygen atoms in total. The largest absolute Gasteiger partial charge is 0.310 e. The Kier molecular flexibility index (Phi) is 5.16. The SMILES string of the molecule is CCCNC(C)c1ccc(-c2cc(F)ccc2Cl)cc1. The van der Waals surface area contributed by atoms with E-state index in [-0.39, 0.29) is 5.82 Å². The molecule has 0 aliphatic carbocycles. The maximum Gasteiger partial charge on any atom is 0.123 e. The van der Waals surface area contributed by atoms with Gasteiger partial charge < -0.3 is 5.32 Å². The summed E-state index contributed by atoms with van der Waals surface area (Å²) in [5.74, 6) is -0.272. The number of rotatable bonds is 5. The van der Waals surface area contributed by atoms with Crippen LogP contribution in [0.4, 0.5) is 4.39 Å². The van der Waals surface area contributed by atoms with Gasteiger partial charge in [-0.2, -0.15) is 0 Å². The topological polar surface area (TPSA) is 12.0 Å². The highest BCUT2D eigenvalue weighted by Gasteiger charge is 2.07. The Balaban J connectivity index is 2.21. The molecule has 0 aliphatic rings. The molecule has 0 bridgehead atoms. The molecule has 20 heavy (non-hydrogen) atoms. The van der Waals surface area contributed by atoms with Gasteiger partial charge in [0.1, 0.15) is 5.82 Å². The first kappa shape index (κ1) is 15.0. The molecule has 0 amide bonds. The molecule has 0 aliphatic heterocycles. The highest BCUT2D eigenvalue weighted by Crippen LogP contribution is 2.29. The molecule has 3 heteroatoms. The summed E-state index contributed by atoms with van der Waals surface area (Å²) < 4.78 is 13.3. The monoisotopic (exact) mass is 291 g/mol. The fourth-order valence-electron chi connectivity index (χ4n) is 2.15. The van der Waals surface area contributed by atoms with Crippen LogP contribution < -0.4 is 5.32 Å². The van der Waals surface area contributed by atoms with E-state index in [9.17, 15) is 4.39 Å². The van der Waals surface area contributed by atoms with Crippen LogP contribution in [0.1, 0.15) is 31.9 Å². The van der Waals surface area contributed by atoms with Crippen LogP contribution in [0, 0.1) is 5.82 Å². The Labute approximate surface area is 124 Å². The molecule has 2 aromatic carbocycles. The number of nitrogens with one attached hydrogen (secondary N) is 1. The van der Waals surface area contributed by atoms with E-state index in [4.69, 9.17) is 11.6 Å². The van der Waals surface area contributed by atoms with Gasteiger partial charge in [-0.15, -0.1) is 0 Å². The van der Waals surface area contributed by atoms with Gasteiger partial charge in [-0.1, -0.05) is 42.8 Å². The zero-order valence-electron chi connectivity index (χ0n) is 11.8. The van der Waals surface area contributed by atoms with Gasteiger partial charge >= 0.3 is 0 Å². The van der Waals surface area contributed by atoms with Crippen molar-refractivity contribution in [3.63, 3.8) is 0 Å². The van der Waals surface area contributed by atoms with Crippen molar-refractivity contribution in [1.29, 1.82) is 0 Å². The molecular formula is C17H19ClFN. The summed E-state index contributed by atoms with van der Waals surface area (Å²) in [6, 6.07) is 12.8. The molecule has 0 spiro atoms. The molecule has 2 aromatic rings. The third kappa shape index (κ3) is 3.59. The molecule has 106 valence electrons. The van der Waals surface area contributed by atoms with E-state index < -0.39 is 0 Å². The predicted octanol–water partition coefficient (Wildman–Crippen LogP) is 5.21. The molecule has 0 aromatic heterocycles. The summed E-state index contributed by atoms with van der Waals surface area (Å²) >= 11 is 6.12. The van der Waals surface area contributed by atoms with Crippen molar-refractivity contribution in [2.75, 3.05) is 6.54 Å². The van der Waals surface area contributed by atoms with Gasteiger partial charge in [0.05, 0.1) is 0 Å². The summed E-state index contributed by atoms with van der Waals surface area (Å²) in [6.45, 7) is 5.28. The van der Waals surface area contributed by atoms with Gasteiger partial charge in [-0.25, -0.2) is 4.39 Å². The van der Waals surface area contributed by atoms with Crippen molar-refractivity contribution in [3.05, 3.63) is 58.9 Å². The molecule has 1 unspecified atom stereocenters. The van der Waals surface area contributed by atoms with Crippen LogP contribution in [-0.4, -0.2) is 6.54 Å². The third-order valence-corrected chi connectivity index (χ3v) is 3.68. The first-order chi connectivity index (χ1) is 9.61. The van der Waals surface area contributed by atoms with E-state index in [0.717, 1.165) is 24.1 Å². The number of hydrogen-bond donors (Lipinski definition) is 1. The van der Waals surface area contributed by atoms with Crippen LogP contribution in [0.2, 0.25) is 5.02 Å². The average molecular weight is 292 g/mol. The van der Waals surface area contributed by atoms with Crippen LogP contribution in [0.15, 0.2) is 42.5 Å². The van der Waals surface area contributed by atoms with Gasteiger partial charge in [0.15, 0.2) is 0 Å². The fourth-order valence-corrected chi connectivity index (χ4v) is 2.38. The van der Waals surface area contributed by atoms with Gasteiger partial charge in [-0.05, 0) is 49.2 Å². The lowest BCUT2D eigenvalue weighted by Gasteiger charge is -2.14. The van der Waals surface area contributed by atoms with Crippen molar-refractivity contribution in [1.82, 2.24) is 5.32 Å². The second kappa shape index (κ2) is 6.87. The van der Waals surface area contributed by atoms with E-state index in [0.29, 0.717) is 11.1 Å². The summed E-state index contributed by atoms with van der Waals surface area (Å²) in [4.78, 5) is 0. The van der Waals surface area contributed by atoms with E-state index >= 15 is 0 Å². The molecule has 0 saturated heterocycles. The van der Waals surface area contributed by atoms with Crippen LogP contribution >= 0.6 is 11.6 Å². The highest BCUT2D eigenvalue weighted by atomic mass is 35.5. The Morgan fingerprint density at radius 3 is 2.50 bits per heavy atom. The van der Waals surface area contributed by atoms with Crippen molar-refractivity contribution in [2.45, 2.75) is 26.3 Å². The number of benzene rings is 2. The zero-order chi connectivity index (χ0) is 14.5. The van der Waals surface area contributed by atoms with Crippen LogP contribution in [0.3, 0.4) is 0 Å². The smallest absolute Gasteiger partial charge is 0.123 e. The van der Waals surface area contributed by atoms with Crippen LogP contribution in [0.5, 0.6) is 0 Å². The molecule has 0 fully saturated rings. The predicted molar refractivity (Wildman–Crippen MR) is 83.6 cm³/mol. The fraction of sp³-hybridized carbons (Fsp3) is 0.294. The summed E-state index contributed by atoms with van der Waals surface area (Å²) in [6.07, 6.45) is 1.11. The lowest BCUT2D eigenvalue weighted by atomic mass is 10.0. The summed E-state index contributed by atoms with van der Waals surface area (Å²) in [5.41, 5.74) is 2.88. The van der Waals surface area contributed by atoms with Gasteiger partial charge in [0, 0.05) is 16.6 Å². The van der Waals surface area contributed by atoms with E-state index in [1.807, 2.05) is 12.1 Å². The first-order valence-corrected chi connectivity index (χ1v) is 7.28. The molecule has 0 heterocycles. The molecule has 1 atom stereocenters. The third-order valence-electron chi connectivity index (χ3n) is 3.35. The second-order valence-electron chi connectivity index (χ2n) is 4.92. The van der Waals surface area contributed by atoms with Crippen molar-refractivity contribution < 1.29 is 4.39 Å². The quantitative estimate of drug-likeness (QED) is 0.797. The lowest BCUT2D eigenvalue weighted by Crippen LogP contribution is -2.19. The minimum Gasteiger partial charge on any atom is -0.310 e. The first-order valence-electron chi connectivity index (χ1n) is 6.90.